The summed E-state index contributed by atoms with van der Waals surface area (Å²) in [4.78, 5) is 12.5. The Morgan fingerprint density at radius 1 is 0.968 bits per heavy atom. The zero-order valence-corrected chi connectivity index (χ0v) is 18.9. The molecule has 0 aliphatic heterocycles. The topological polar surface area (TPSA) is 84.5 Å². The van der Waals surface area contributed by atoms with Gasteiger partial charge in [0.25, 0.3) is 15.9 Å². The number of benzene rings is 3. The number of carbonyl (C=O) groups excluding carboxylic acids is 1. The molecule has 0 fully saturated rings. The second-order valence-corrected chi connectivity index (χ2v) is 9.27. The zero-order valence-electron chi connectivity index (χ0n) is 17.3. The highest BCUT2D eigenvalue weighted by atomic mass is 35.5. The lowest BCUT2D eigenvalue weighted by molar-refractivity contribution is -0.122. The molecule has 0 unspecified atom stereocenters. The molecule has 3 aromatic carbocycles. The maximum atomic E-state index is 12.6. The van der Waals surface area contributed by atoms with Crippen molar-refractivity contribution in [2.45, 2.75) is 31.8 Å². The molecule has 0 aliphatic rings. The number of anilines is 2. The van der Waals surface area contributed by atoms with Gasteiger partial charge in [-0.05, 0) is 80.4 Å². The molecular weight excluding hydrogens is 436 g/mol. The molecule has 2 N–H and O–H groups in total. The number of ether oxygens (including phenoxy) is 1. The molecule has 0 saturated heterocycles. The number of rotatable bonds is 7. The van der Waals surface area contributed by atoms with Crippen molar-refractivity contribution in [3.05, 3.63) is 82.9 Å². The minimum Gasteiger partial charge on any atom is -0.481 e. The van der Waals surface area contributed by atoms with E-state index in [0.717, 1.165) is 11.1 Å². The molecule has 3 rings (SSSR count). The highest BCUT2D eigenvalue weighted by Gasteiger charge is 2.18. The van der Waals surface area contributed by atoms with Crippen LogP contribution >= 0.6 is 11.6 Å². The Balaban J connectivity index is 1.65. The van der Waals surface area contributed by atoms with Crippen LogP contribution in [0.4, 0.5) is 11.4 Å². The molecule has 0 bridgehead atoms. The molecule has 0 heterocycles. The smallest absolute Gasteiger partial charge is 0.265 e. The SMILES string of the molecule is Cc1cc(C)cc(O[C@@H](C)C(=O)Nc2ccc(S(=O)(=O)Nc3ccccc3Cl)cc2)c1. The first kappa shape index (κ1) is 22.7. The van der Waals surface area contributed by atoms with Gasteiger partial charge in [0.1, 0.15) is 5.75 Å². The Morgan fingerprint density at radius 3 is 2.19 bits per heavy atom. The maximum absolute atomic E-state index is 12.6. The summed E-state index contributed by atoms with van der Waals surface area (Å²) in [6.07, 6.45) is -0.730. The molecule has 1 amide bonds. The van der Waals surface area contributed by atoms with Crippen LogP contribution in [0.1, 0.15) is 18.1 Å². The first-order valence-corrected chi connectivity index (χ1v) is 11.4. The predicted octanol–water partition coefficient (Wildman–Crippen LogP) is 5.16. The van der Waals surface area contributed by atoms with Crippen molar-refractivity contribution in [3.63, 3.8) is 0 Å². The average molecular weight is 459 g/mol. The van der Waals surface area contributed by atoms with Crippen LogP contribution in [0.3, 0.4) is 0 Å². The van der Waals surface area contributed by atoms with Crippen LogP contribution in [0.2, 0.25) is 5.02 Å². The van der Waals surface area contributed by atoms with E-state index in [1.54, 1.807) is 31.2 Å². The van der Waals surface area contributed by atoms with Crippen LogP contribution in [-0.4, -0.2) is 20.4 Å². The van der Waals surface area contributed by atoms with E-state index in [-0.39, 0.29) is 10.8 Å². The number of halogens is 1. The largest absolute Gasteiger partial charge is 0.481 e. The van der Waals surface area contributed by atoms with Crippen LogP contribution in [-0.2, 0) is 14.8 Å². The molecule has 6 nitrogen and oxygen atoms in total. The third kappa shape index (κ3) is 5.99. The Kier molecular flexibility index (Phi) is 6.87. The lowest BCUT2D eigenvalue weighted by Crippen LogP contribution is -2.30. The summed E-state index contributed by atoms with van der Waals surface area (Å²) >= 11 is 6.02. The number of sulfonamides is 1. The Bertz CT molecular complexity index is 1170. The number of para-hydroxylation sites is 1. The van der Waals surface area contributed by atoms with Crippen molar-refractivity contribution in [1.82, 2.24) is 0 Å². The predicted molar refractivity (Wildman–Crippen MR) is 123 cm³/mol. The van der Waals surface area contributed by atoms with Crippen molar-refractivity contribution in [2.75, 3.05) is 10.0 Å². The normalized spacial score (nSPS) is 12.1. The van der Waals surface area contributed by atoms with E-state index in [1.807, 2.05) is 32.0 Å². The van der Waals surface area contributed by atoms with Gasteiger partial charge in [0.15, 0.2) is 6.10 Å². The third-order valence-corrected chi connectivity index (χ3v) is 6.14. The number of nitrogens with one attached hydrogen (secondary N) is 2. The van der Waals surface area contributed by atoms with Crippen LogP contribution in [0, 0.1) is 13.8 Å². The fraction of sp³-hybridized carbons (Fsp3) is 0.174. The summed E-state index contributed by atoms with van der Waals surface area (Å²) in [5, 5.41) is 3.03. The molecular formula is C23H23ClN2O4S. The molecule has 31 heavy (non-hydrogen) atoms. The Labute approximate surface area is 187 Å². The molecule has 0 radical (unpaired) electrons. The number of carbonyl (C=O) groups is 1. The van der Waals surface area contributed by atoms with E-state index >= 15 is 0 Å². The van der Waals surface area contributed by atoms with Gasteiger partial charge < -0.3 is 10.1 Å². The lowest BCUT2D eigenvalue weighted by atomic mass is 10.1. The van der Waals surface area contributed by atoms with Gasteiger partial charge in [-0.15, -0.1) is 0 Å². The summed E-state index contributed by atoms with van der Waals surface area (Å²) in [7, 11) is -3.82. The highest BCUT2D eigenvalue weighted by molar-refractivity contribution is 7.92. The van der Waals surface area contributed by atoms with E-state index in [9.17, 15) is 13.2 Å². The second kappa shape index (κ2) is 9.41. The number of aryl methyl sites for hydroxylation is 2. The highest BCUT2D eigenvalue weighted by Crippen LogP contribution is 2.25. The van der Waals surface area contributed by atoms with Crippen molar-refractivity contribution >= 4 is 38.9 Å². The van der Waals surface area contributed by atoms with Gasteiger partial charge in [-0.2, -0.15) is 0 Å². The molecule has 0 aliphatic carbocycles. The van der Waals surface area contributed by atoms with Gasteiger partial charge in [-0.3, -0.25) is 9.52 Å². The van der Waals surface area contributed by atoms with Gasteiger partial charge in [-0.25, -0.2) is 8.42 Å². The van der Waals surface area contributed by atoms with Crippen molar-refractivity contribution in [1.29, 1.82) is 0 Å². The van der Waals surface area contributed by atoms with Gasteiger partial charge in [0.05, 0.1) is 15.6 Å². The van der Waals surface area contributed by atoms with Crippen LogP contribution in [0.25, 0.3) is 0 Å². The van der Waals surface area contributed by atoms with E-state index in [2.05, 4.69) is 10.0 Å². The second-order valence-electron chi connectivity index (χ2n) is 7.18. The van der Waals surface area contributed by atoms with Gasteiger partial charge in [0, 0.05) is 5.69 Å². The van der Waals surface area contributed by atoms with Gasteiger partial charge in [0.2, 0.25) is 0 Å². The summed E-state index contributed by atoms with van der Waals surface area (Å²) < 4.78 is 33.3. The quantitative estimate of drug-likeness (QED) is 0.512. The van der Waals surface area contributed by atoms with E-state index in [1.165, 1.54) is 24.3 Å². The van der Waals surface area contributed by atoms with Gasteiger partial charge >= 0.3 is 0 Å². The lowest BCUT2D eigenvalue weighted by Gasteiger charge is -2.16. The van der Waals surface area contributed by atoms with Crippen molar-refractivity contribution < 1.29 is 17.9 Å². The fourth-order valence-electron chi connectivity index (χ4n) is 2.97. The first-order valence-electron chi connectivity index (χ1n) is 9.57. The zero-order chi connectivity index (χ0) is 22.6. The Morgan fingerprint density at radius 2 is 1.58 bits per heavy atom. The summed E-state index contributed by atoms with van der Waals surface area (Å²) in [5.41, 5.74) is 2.84. The molecule has 0 saturated carbocycles. The van der Waals surface area contributed by atoms with Gasteiger partial charge in [-0.1, -0.05) is 29.8 Å². The van der Waals surface area contributed by atoms with Crippen LogP contribution in [0.15, 0.2) is 71.6 Å². The molecule has 0 aromatic heterocycles. The number of hydrogen-bond acceptors (Lipinski definition) is 4. The van der Waals surface area contributed by atoms with Crippen LogP contribution in [0.5, 0.6) is 5.75 Å². The monoisotopic (exact) mass is 458 g/mol. The Hall–Kier alpha value is -3.03. The maximum Gasteiger partial charge on any atom is 0.265 e. The third-order valence-electron chi connectivity index (χ3n) is 4.43. The molecule has 8 heteroatoms. The van der Waals surface area contributed by atoms with Crippen LogP contribution < -0.4 is 14.8 Å². The number of hydrogen-bond donors (Lipinski definition) is 2. The summed E-state index contributed by atoms with van der Waals surface area (Å²) in [5.74, 6) is 0.274. The average Bonchev–Trinajstić information content (AvgIpc) is 2.69. The summed E-state index contributed by atoms with van der Waals surface area (Å²) in [6, 6.07) is 18.2. The van der Waals surface area contributed by atoms with Crippen molar-refractivity contribution in [3.8, 4) is 5.75 Å². The standard InChI is InChI=1S/C23H23ClN2O4S/c1-15-12-16(2)14-19(13-15)30-17(3)23(27)25-18-8-10-20(11-9-18)31(28,29)26-22-7-5-4-6-21(22)24/h4-14,17,26H,1-3H3,(H,25,27)/t17-/m0/s1. The summed E-state index contributed by atoms with van der Waals surface area (Å²) in [6.45, 7) is 5.57. The molecule has 0 spiro atoms. The first-order chi connectivity index (χ1) is 14.6. The minimum absolute atomic E-state index is 0.0463. The minimum atomic E-state index is -3.82. The van der Waals surface area contributed by atoms with Crippen molar-refractivity contribution in [2.24, 2.45) is 0 Å². The molecule has 3 aromatic rings. The molecule has 1 atom stereocenters. The fourth-order valence-corrected chi connectivity index (χ4v) is 4.29. The molecule has 162 valence electrons. The van der Waals surface area contributed by atoms with E-state index in [4.69, 9.17) is 16.3 Å². The van der Waals surface area contributed by atoms with E-state index in [0.29, 0.717) is 22.1 Å². The van der Waals surface area contributed by atoms with E-state index < -0.39 is 16.1 Å². The number of amides is 1.